The summed E-state index contributed by atoms with van der Waals surface area (Å²) in [5.41, 5.74) is 3.26. The van der Waals surface area contributed by atoms with Crippen LogP contribution >= 0.6 is 34.4 Å². The Kier molecular flexibility index (Phi) is 5.60. The largest absolute Gasteiger partial charge is 0.300 e. The molecule has 24 heavy (non-hydrogen) atoms. The molecule has 1 aromatic carbocycles. The molecule has 0 saturated heterocycles. The summed E-state index contributed by atoms with van der Waals surface area (Å²) in [6.45, 7) is 4.07. The number of nitrogens with zero attached hydrogens (tertiary/aromatic N) is 3. The molecule has 0 aliphatic heterocycles. The van der Waals surface area contributed by atoms with Gasteiger partial charge in [-0.25, -0.2) is 4.98 Å². The predicted molar refractivity (Wildman–Crippen MR) is 101 cm³/mol. The molecule has 0 spiro atoms. The van der Waals surface area contributed by atoms with Crippen molar-refractivity contribution in [2.45, 2.75) is 24.6 Å². The van der Waals surface area contributed by atoms with Gasteiger partial charge in [-0.1, -0.05) is 59.9 Å². The lowest BCUT2D eigenvalue weighted by atomic mass is 10.1. The van der Waals surface area contributed by atoms with E-state index in [9.17, 15) is 4.79 Å². The van der Waals surface area contributed by atoms with Gasteiger partial charge in [-0.05, 0) is 13.3 Å². The van der Waals surface area contributed by atoms with Gasteiger partial charge in [0, 0.05) is 10.9 Å². The second kappa shape index (κ2) is 7.87. The van der Waals surface area contributed by atoms with Gasteiger partial charge in [0.1, 0.15) is 5.01 Å². The van der Waals surface area contributed by atoms with Crippen molar-refractivity contribution in [1.82, 2.24) is 15.2 Å². The first kappa shape index (κ1) is 17.1. The van der Waals surface area contributed by atoms with Crippen molar-refractivity contribution in [3.8, 4) is 11.3 Å². The molecule has 1 amide bonds. The highest BCUT2D eigenvalue weighted by Gasteiger charge is 2.10. The number of thiazole rings is 1. The Balaban J connectivity index is 1.55. The van der Waals surface area contributed by atoms with Gasteiger partial charge in [0.2, 0.25) is 11.0 Å². The first-order valence-corrected chi connectivity index (χ1v) is 10.1. The van der Waals surface area contributed by atoms with Crippen molar-refractivity contribution < 1.29 is 4.79 Å². The highest BCUT2D eigenvalue weighted by Crippen LogP contribution is 2.28. The molecule has 0 unspecified atom stereocenters. The third-order valence-corrected chi connectivity index (χ3v) is 6.18. The summed E-state index contributed by atoms with van der Waals surface area (Å²) in [5, 5.41) is 14.2. The lowest BCUT2D eigenvalue weighted by molar-refractivity contribution is -0.113. The standard InChI is InChI=1S/C16H16N4OS3/c1-3-14-19-20-15(24-14)18-13(21)9-23-16-17-12(8-22-16)11-6-4-10(2)5-7-11/h4-8H,3,9H2,1-2H3,(H,18,20,21). The van der Waals surface area contributed by atoms with E-state index >= 15 is 0 Å². The molecule has 0 bridgehead atoms. The maximum Gasteiger partial charge on any atom is 0.236 e. The lowest BCUT2D eigenvalue weighted by Crippen LogP contribution is -2.13. The highest BCUT2D eigenvalue weighted by atomic mass is 32.2. The van der Waals surface area contributed by atoms with E-state index in [-0.39, 0.29) is 5.91 Å². The zero-order valence-electron chi connectivity index (χ0n) is 13.3. The molecule has 5 nitrogen and oxygen atoms in total. The first-order chi connectivity index (χ1) is 11.6. The SMILES string of the molecule is CCc1nnc(NC(=O)CSc2nc(-c3ccc(C)cc3)cs2)s1. The molecule has 0 radical (unpaired) electrons. The molecule has 0 aliphatic carbocycles. The zero-order chi connectivity index (χ0) is 16.9. The molecule has 0 fully saturated rings. The molecular formula is C16H16N4OS3. The van der Waals surface area contributed by atoms with Gasteiger partial charge < -0.3 is 0 Å². The molecule has 2 heterocycles. The Morgan fingerprint density at radius 3 is 2.75 bits per heavy atom. The number of hydrogen-bond acceptors (Lipinski definition) is 7. The smallest absolute Gasteiger partial charge is 0.236 e. The summed E-state index contributed by atoms with van der Waals surface area (Å²) in [5.74, 6) is 0.216. The molecular weight excluding hydrogens is 360 g/mol. The van der Waals surface area contributed by atoms with E-state index < -0.39 is 0 Å². The molecule has 3 rings (SSSR count). The van der Waals surface area contributed by atoms with Crippen molar-refractivity contribution in [2.24, 2.45) is 0 Å². The molecule has 0 atom stereocenters. The Labute approximate surface area is 152 Å². The third-order valence-electron chi connectivity index (χ3n) is 3.17. The summed E-state index contributed by atoms with van der Waals surface area (Å²) in [6, 6.07) is 8.27. The van der Waals surface area contributed by atoms with E-state index in [1.165, 1.54) is 28.7 Å². The van der Waals surface area contributed by atoms with Gasteiger partial charge in [0.05, 0.1) is 11.4 Å². The van der Waals surface area contributed by atoms with Crippen LogP contribution in [0.1, 0.15) is 17.5 Å². The number of benzene rings is 1. The summed E-state index contributed by atoms with van der Waals surface area (Å²) < 4.78 is 0.882. The monoisotopic (exact) mass is 376 g/mol. The molecule has 2 aromatic heterocycles. The van der Waals surface area contributed by atoms with Crippen LogP contribution < -0.4 is 5.32 Å². The number of thioether (sulfide) groups is 1. The lowest BCUT2D eigenvalue weighted by Gasteiger charge is -1.99. The van der Waals surface area contributed by atoms with Crippen LogP contribution in [0.3, 0.4) is 0 Å². The number of amides is 1. The van der Waals surface area contributed by atoms with Crippen LogP contribution in [-0.2, 0) is 11.2 Å². The van der Waals surface area contributed by atoms with Crippen LogP contribution in [0.25, 0.3) is 11.3 Å². The molecule has 0 aliphatic rings. The summed E-state index contributed by atoms with van der Waals surface area (Å²) in [4.78, 5) is 16.6. The predicted octanol–water partition coefficient (Wildman–Crippen LogP) is 4.26. The molecule has 1 N–H and O–H groups in total. The van der Waals surface area contributed by atoms with E-state index in [2.05, 4.69) is 51.7 Å². The first-order valence-electron chi connectivity index (χ1n) is 7.41. The van der Waals surface area contributed by atoms with Gasteiger partial charge in [-0.2, -0.15) is 0 Å². The Morgan fingerprint density at radius 1 is 1.25 bits per heavy atom. The molecule has 8 heteroatoms. The van der Waals surface area contributed by atoms with E-state index in [1.54, 1.807) is 11.3 Å². The summed E-state index contributed by atoms with van der Waals surface area (Å²) >= 11 is 4.39. The third kappa shape index (κ3) is 4.40. The number of carbonyl (C=O) groups excluding carboxylic acids is 1. The number of nitrogens with one attached hydrogen (secondary N) is 1. The van der Waals surface area contributed by atoms with E-state index in [0.29, 0.717) is 10.9 Å². The minimum Gasteiger partial charge on any atom is -0.300 e. The topological polar surface area (TPSA) is 67.8 Å². The van der Waals surface area contributed by atoms with Crippen LogP contribution in [0, 0.1) is 6.92 Å². The number of aryl methyl sites for hydroxylation is 2. The van der Waals surface area contributed by atoms with Crippen molar-refractivity contribution >= 4 is 45.5 Å². The zero-order valence-corrected chi connectivity index (χ0v) is 15.7. The number of hydrogen-bond donors (Lipinski definition) is 1. The number of rotatable bonds is 6. The van der Waals surface area contributed by atoms with Crippen LogP contribution in [0.5, 0.6) is 0 Å². The second-order valence-corrected chi connectivity index (χ2v) is 8.20. The fourth-order valence-corrected chi connectivity index (χ4v) is 4.24. The normalized spacial score (nSPS) is 10.8. The minimum absolute atomic E-state index is 0.0918. The maximum absolute atomic E-state index is 12.0. The van der Waals surface area contributed by atoms with Crippen LogP contribution in [-0.4, -0.2) is 26.8 Å². The Bertz CT molecular complexity index is 826. The molecule has 124 valence electrons. The maximum atomic E-state index is 12.0. The van der Waals surface area contributed by atoms with Crippen LogP contribution in [0.4, 0.5) is 5.13 Å². The van der Waals surface area contributed by atoms with Gasteiger partial charge in [-0.15, -0.1) is 21.5 Å². The van der Waals surface area contributed by atoms with Gasteiger partial charge in [0.15, 0.2) is 4.34 Å². The van der Waals surface area contributed by atoms with Gasteiger partial charge in [0.25, 0.3) is 0 Å². The molecule has 0 saturated carbocycles. The molecule has 3 aromatic rings. The Hall–Kier alpha value is -1.77. The fraction of sp³-hybridized carbons (Fsp3) is 0.250. The average Bonchev–Trinajstić information content (AvgIpc) is 3.23. The Morgan fingerprint density at radius 2 is 2.04 bits per heavy atom. The highest BCUT2D eigenvalue weighted by molar-refractivity contribution is 8.01. The van der Waals surface area contributed by atoms with Crippen molar-refractivity contribution in [3.63, 3.8) is 0 Å². The van der Waals surface area contributed by atoms with Crippen LogP contribution in [0.15, 0.2) is 34.0 Å². The number of aromatic nitrogens is 3. The summed E-state index contributed by atoms with van der Waals surface area (Å²) in [6.07, 6.45) is 0.823. The quantitative estimate of drug-likeness (QED) is 0.651. The number of carbonyl (C=O) groups is 1. The van der Waals surface area contributed by atoms with Gasteiger partial charge in [-0.3, -0.25) is 10.1 Å². The number of anilines is 1. The van der Waals surface area contributed by atoms with Crippen molar-refractivity contribution in [2.75, 3.05) is 11.1 Å². The minimum atomic E-state index is -0.0918. The summed E-state index contributed by atoms with van der Waals surface area (Å²) in [7, 11) is 0. The van der Waals surface area contributed by atoms with Crippen LogP contribution in [0.2, 0.25) is 0 Å². The van der Waals surface area contributed by atoms with Crippen molar-refractivity contribution in [3.05, 3.63) is 40.2 Å². The van der Waals surface area contributed by atoms with Gasteiger partial charge >= 0.3 is 0 Å². The average molecular weight is 377 g/mol. The van der Waals surface area contributed by atoms with E-state index in [4.69, 9.17) is 0 Å². The van der Waals surface area contributed by atoms with E-state index in [0.717, 1.165) is 27.0 Å². The fourth-order valence-electron chi connectivity index (χ4n) is 1.91. The van der Waals surface area contributed by atoms with E-state index in [1.807, 2.05) is 12.3 Å². The van der Waals surface area contributed by atoms with Crippen molar-refractivity contribution in [1.29, 1.82) is 0 Å². The second-order valence-electron chi connectivity index (χ2n) is 5.06.